The van der Waals surface area contributed by atoms with Crippen LogP contribution in [0.25, 0.3) is 0 Å². The quantitative estimate of drug-likeness (QED) is 0.485. The largest absolute Gasteiger partial charge is 0.493 e. The molecule has 1 aromatic rings. The van der Waals surface area contributed by atoms with Gasteiger partial charge in [0, 0.05) is 0 Å². The van der Waals surface area contributed by atoms with Crippen LogP contribution in [0.15, 0.2) is 46.7 Å². The Labute approximate surface area is 134 Å². The van der Waals surface area contributed by atoms with Gasteiger partial charge in [0.1, 0.15) is 5.71 Å². The minimum Gasteiger partial charge on any atom is -0.493 e. The van der Waals surface area contributed by atoms with Crippen LogP contribution < -0.4 is 9.47 Å². The Bertz CT molecular complexity index is 719. The van der Waals surface area contributed by atoms with E-state index in [4.69, 9.17) is 14.3 Å². The van der Waals surface area contributed by atoms with Crippen molar-refractivity contribution in [2.45, 2.75) is 13.8 Å². The van der Waals surface area contributed by atoms with Crippen LogP contribution in [-0.4, -0.2) is 31.7 Å². The molecule has 0 bridgehead atoms. The number of hydrogen-bond acceptors (Lipinski definition) is 6. The van der Waals surface area contributed by atoms with E-state index < -0.39 is 5.97 Å². The summed E-state index contributed by atoms with van der Waals surface area (Å²) in [5.41, 5.74) is 2.05. The molecule has 0 saturated carbocycles. The first-order valence-electron chi connectivity index (χ1n) is 6.89. The molecule has 0 amide bonds. The van der Waals surface area contributed by atoms with Crippen molar-refractivity contribution in [2.24, 2.45) is 5.16 Å². The van der Waals surface area contributed by atoms with Crippen molar-refractivity contribution >= 4 is 17.5 Å². The van der Waals surface area contributed by atoms with E-state index in [0.717, 1.165) is 0 Å². The van der Waals surface area contributed by atoms with Gasteiger partial charge in [-0.3, -0.25) is 4.79 Å². The standard InChI is InChI=1S/C17H17NO5/c1-10-7-13(19)8-11(2)16(10)18-23-17(20)12-5-6-14(21-3)15(9-12)22-4/h5-9H,1-4H3. The number of benzene rings is 1. The molecule has 1 aromatic carbocycles. The fourth-order valence-electron chi connectivity index (χ4n) is 2.16. The third kappa shape index (κ3) is 3.66. The lowest BCUT2D eigenvalue weighted by molar-refractivity contribution is -0.110. The molecule has 0 unspecified atom stereocenters. The molecule has 0 atom stereocenters. The molecular formula is C17H17NO5. The van der Waals surface area contributed by atoms with E-state index in [1.54, 1.807) is 26.0 Å². The first-order chi connectivity index (χ1) is 11.0. The van der Waals surface area contributed by atoms with Crippen LogP contribution in [0.3, 0.4) is 0 Å². The summed E-state index contributed by atoms with van der Waals surface area (Å²) in [6.45, 7) is 3.47. The first kappa shape index (κ1) is 16.5. The van der Waals surface area contributed by atoms with Gasteiger partial charge in [0.15, 0.2) is 17.3 Å². The zero-order valence-corrected chi connectivity index (χ0v) is 13.4. The average molecular weight is 315 g/mol. The summed E-state index contributed by atoms with van der Waals surface area (Å²) < 4.78 is 10.3. The summed E-state index contributed by atoms with van der Waals surface area (Å²) in [5.74, 6) is 0.199. The van der Waals surface area contributed by atoms with Gasteiger partial charge in [-0.2, -0.15) is 0 Å². The molecule has 0 aliphatic heterocycles. The Balaban J connectivity index is 2.20. The Kier molecular flexibility index (Phi) is 4.95. The molecule has 0 heterocycles. The maximum Gasteiger partial charge on any atom is 0.365 e. The van der Waals surface area contributed by atoms with Crippen molar-refractivity contribution in [3.63, 3.8) is 0 Å². The maximum atomic E-state index is 12.1. The van der Waals surface area contributed by atoms with Gasteiger partial charge in [-0.1, -0.05) is 5.16 Å². The molecule has 0 N–H and O–H groups in total. The summed E-state index contributed by atoms with van der Waals surface area (Å²) in [6.07, 6.45) is 2.88. The maximum absolute atomic E-state index is 12.1. The second-order valence-corrected chi connectivity index (χ2v) is 4.95. The zero-order chi connectivity index (χ0) is 17.0. The lowest BCUT2D eigenvalue weighted by Crippen LogP contribution is -2.13. The Morgan fingerprint density at radius 2 is 1.61 bits per heavy atom. The zero-order valence-electron chi connectivity index (χ0n) is 13.4. The van der Waals surface area contributed by atoms with Crippen LogP contribution in [0.1, 0.15) is 24.2 Å². The fraction of sp³-hybridized carbons (Fsp3) is 0.235. The number of oxime groups is 1. The summed E-state index contributed by atoms with van der Waals surface area (Å²) in [5, 5.41) is 3.86. The third-order valence-electron chi connectivity index (χ3n) is 3.30. The van der Waals surface area contributed by atoms with Crippen LogP contribution >= 0.6 is 0 Å². The van der Waals surface area contributed by atoms with Gasteiger partial charge in [0.05, 0.1) is 19.8 Å². The van der Waals surface area contributed by atoms with Gasteiger partial charge in [-0.15, -0.1) is 0 Å². The fourth-order valence-corrected chi connectivity index (χ4v) is 2.16. The number of nitrogens with zero attached hydrogens (tertiary/aromatic N) is 1. The molecule has 6 nitrogen and oxygen atoms in total. The molecule has 2 rings (SSSR count). The van der Waals surface area contributed by atoms with E-state index in [1.807, 2.05) is 0 Å². The van der Waals surface area contributed by atoms with Crippen molar-refractivity contribution < 1.29 is 23.9 Å². The van der Waals surface area contributed by atoms with Gasteiger partial charge in [-0.05, 0) is 55.3 Å². The highest BCUT2D eigenvalue weighted by molar-refractivity contribution is 6.22. The van der Waals surface area contributed by atoms with E-state index in [-0.39, 0.29) is 11.3 Å². The molecular weight excluding hydrogens is 298 g/mol. The molecule has 23 heavy (non-hydrogen) atoms. The third-order valence-corrected chi connectivity index (χ3v) is 3.30. The summed E-state index contributed by atoms with van der Waals surface area (Å²) in [6, 6.07) is 4.68. The van der Waals surface area contributed by atoms with E-state index in [2.05, 4.69) is 5.16 Å². The molecule has 6 heteroatoms. The van der Waals surface area contributed by atoms with Crippen LogP contribution in [0.4, 0.5) is 0 Å². The molecule has 0 fully saturated rings. The number of hydrogen-bond donors (Lipinski definition) is 0. The Morgan fingerprint density at radius 3 is 2.17 bits per heavy atom. The molecule has 1 aliphatic rings. The van der Waals surface area contributed by atoms with Crippen molar-refractivity contribution in [2.75, 3.05) is 14.2 Å². The predicted molar refractivity (Wildman–Crippen MR) is 84.9 cm³/mol. The van der Waals surface area contributed by atoms with Crippen molar-refractivity contribution in [3.8, 4) is 11.5 Å². The number of allylic oxidation sites excluding steroid dienone is 4. The molecule has 120 valence electrons. The van der Waals surface area contributed by atoms with Crippen LogP contribution in [0.5, 0.6) is 11.5 Å². The predicted octanol–water partition coefficient (Wildman–Crippen LogP) is 2.69. The first-order valence-corrected chi connectivity index (χ1v) is 6.89. The molecule has 1 aliphatic carbocycles. The number of rotatable bonds is 4. The monoisotopic (exact) mass is 315 g/mol. The van der Waals surface area contributed by atoms with Crippen molar-refractivity contribution in [3.05, 3.63) is 47.1 Å². The topological polar surface area (TPSA) is 74.2 Å². The van der Waals surface area contributed by atoms with E-state index in [1.165, 1.54) is 32.4 Å². The second kappa shape index (κ2) is 6.91. The second-order valence-electron chi connectivity index (χ2n) is 4.95. The highest BCUT2D eigenvalue weighted by atomic mass is 16.7. The van der Waals surface area contributed by atoms with Gasteiger partial charge >= 0.3 is 5.97 Å². The van der Waals surface area contributed by atoms with Gasteiger partial charge in [0.25, 0.3) is 0 Å². The number of ketones is 1. The smallest absolute Gasteiger partial charge is 0.365 e. The van der Waals surface area contributed by atoms with Crippen LogP contribution in [0, 0.1) is 0 Å². The van der Waals surface area contributed by atoms with E-state index in [0.29, 0.717) is 28.4 Å². The summed E-state index contributed by atoms with van der Waals surface area (Å²) >= 11 is 0. The number of carbonyl (C=O) groups excluding carboxylic acids is 2. The highest BCUT2D eigenvalue weighted by Crippen LogP contribution is 2.27. The lowest BCUT2D eigenvalue weighted by atomic mass is 9.98. The summed E-state index contributed by atoms with van der Waals surface area (Å²) in [4.78, 5) is 28.5. The lowest BCUT2D eigenvalue weighted by Gasteiger charge is -2.11. The van der Waals surface area contributed by atoms with Crippen molar-refractivity contribution in [1.29, 1.82) is 0 Å². The van der Waals surface area contributed by atoms with Crippen LogP contribution in [0.2, 0.25) is 0 Å². The normalized spacial score (nSPS) is 13.9. The van der Waals surface area contributed by atoms with Gasteiger partial charge in [-0.25, -0.2) is 4.79 Å². The highest BCUT2D eigenvalue weighted by Gasteiger charge is 2.16. The van der Waals surface area contributed by atoms with Gasteiger partial charge in [0.2, 0.25) is 0 Å². The number of carbonyl (C=O) groups is 2. The van der Waals surface area contributed by atoms with E-state index in [9.17, 15) is 9.59 Å². The number of methoxy groups -OCH3 is 2. The van der Waals surface area contributed by atoms with E-state index >= 15 is 0 Å². The Morgan fingerprint density at radius 1 is 1.00 bits per heavy atom. The van der Waals surface area contributed by atoms with Crippen molar-refractivity contribution in [1.82, 2.24) is 0 Å². The SMILES string of the molecule is COc1ccc(C(=O)ON=C2C(C)=CC(=O)C=C2C)cc1OC. The summed E-state index contributed by atoms with van der Waals surface area (Å²) in [7, 11) is 2.99. The average Bonchev–Trinajstić information content (AvgIpc) is 2.52. The molecule has 0 spiro atoms. The minimum absolute atomic E-state index is 0.106. The van der Waals surface area contributed by atoms with Crippen LogP contribution in [-0.2, 0) is 9.63 Å². The Hall–Kier alpha value is -2.89. The molecule has 0 saturated heterocycles. The number of ether oxygens (including phenoxy) is 2. The molecule has 0 aromatic heterocycles. The minimum atomic E-state index is -0.629. The van der Waals surface area contributed by atoms with Gasteiger partial charge < -0.3 is 14.3 Å². The molecule has 0 radical (unpaired) electrons.